The molecule has 1 aliphatic heterocycles. The first-order chi connectivity index (χ1) is 12.9. The zero-order valence-corrected chi connectivity index (χ0v) is 14.8. The molecule has 0 bridgehead atoms. The first kappa shape index (κ1) is 17.7. The van der Waals surface area contributed by atoms with Gasteiger partial charge < -0.3 is 10.3 Å². The highest BCUT2D eigenvalue weighted by molar-refractivity contribution is 5.84. The SMILES string of the molecule is N#Cc1cc(CC2CCNC2=O)cc2[nH]c(C=C3CCC(F)(F)CC3)nc12. The number of nitriles is 1. The Labute approximate surface area is 155 Å². The number of allylic oxidation sites excluding steroid dienone is 1. The fraction of sp³-hybridized carbons (Fsp3) is 0.450. The molecule has 1 atom stereocenters. The molecule has 1 aromatic heterocycles. The molecule has 1 saturated heterocycles. The highest BCUT2D eigenvalue weighted by Gasteiger charge is 2.32. The third-order valence-electron chi connectivity index (χ3n) is 5.39. The molecule has 1 amide bonds. The summed E-state index contributed by atoms with van der Waals surface area (Å²) in [6.45, 7) is 0.692. The van der Waals surface area contributed by atoms with Gasteiger partial charge in [0.25, 0.3) is 0 Å². The zero-order chi connectivity index (χ0) is 19.0. The second kappa shape index (κ2) is 6.76. The van der Waals surface area contributed by atoms with E-state index in [-0.39, 0.29) is 24.7 Å². The standard InChI is InChI=1S/C20H20F2N4O/c21-20(22)4-1-12(2-5-20)10-17-25-16-9-13(7-14-3-6-24-19(14)27)8-15(11-23)18(16)26-17/h8-10,14H,1-7H2,(H,24,27)(H,25,26). The third-order valence-corrected chi connectivity index (χ3v) is 5.39. The lowest BCUT2D eigenvalue weighted by atomic mass is 9.91. The van der Waals surface area contributed by atoms with E-state index in [1.54, 1.807) is 6.07 Å². The van der Waals surface area contributed by atoms with Crippen molar-refractivity contribution in [1.29, 1.82) is 5.26 Å². The van der Waals surface area contributed by atoms with Crippen LogP contribution in [0.3, 0.4) is 0 Å². The Morgan fingerprint density at radius 1 is 1.33 bits per heavy atom. The number of hydrogen-bond acceptors (Lipinski definition) is 3. The molecule has 2 N–H and O–H groups in total. The van der Waals surface area contributed by atoms with Crippen LogP contribution >= 0.6 is 0 Å². The van der Waals surface area contributed by atoms with Crippen molar-refractivity contribution in [3.05, 3.63) is 34.7 Å². The number of nitrogens with one attached hydrogen (secondary N) is 2. The molecule has 5 nitrogen and oxygen atoms in total. The molecule has 1 aromatic carbocycles. The van der Waals surface area contributed by atoms with Crippen molar-refractivity contribution in [3.63, 3.8) is 0 Å². The molecule has 4 rings (SSSR count). The summed E-state index contributed by atoms with van der Waals surface area (Å²) in [4.78, 5) is 19.5. The van der Waals surface area contributed by atoms with Crippen molar-refractivity contribution in [2.45, 2.75) is 44.4 Å². The summed E-state index contributed by atoms with van der Waals surface area (Å²) >= 11 is 0. The highest BCUT2D eigenvalue weighted by Crippen LogP contribution is 2.36. The quantitative estimate of drug-likeness (QED) is 0.864. The summed E-state index contributed by atoms with van der Waals surface area (Å²) in [5, 5.41) is 12.3. The van der Waals surface area contributed by atoms with Gasteiger partial charge in [0.2, 0.25) is 11.8 Å². The minimum absolute atomic E-state index is 0.0535. The number of alkyl halides is 2. The Morgan fingerprint density at radius 2 is 2.11 bits per heavy atom. The lowest BCUT2D eigenvalue weighted by Crippen LogP contribution is -2.20. The first-order valence-electron chi connectivity index (χ1n) is 9.21. The van der Waals surface area contributed by atoms with Crippen LogP contribution in [0.4, 0.5) is 8.78 Å². The van der Waals surface area contributed by atoms with Crippen LogP contribution in [0.15, 0.2) is 17.7 Å². The van der Waals surface area contributed by atoms with E-state index in [1.807, 2.05) is 12.1 Å². The lowest BCUT2D eigenvalue weighted by molar-refractivity contribution is -0.122. The van der Waals surface area contributed by atoms with Crippen LogP contribution in [0.1, 0.15) is 49.1 Å². The number of H-pyrrole nitrogens is 1. The number of benzene rings is 1. The van der Waals surface area contributed by atoms with Crippen LogP contribution in [0.25, 0.3) is 17.1 Å². The molecule has 0 spiro atoms. The van der Waals surface area contributed by atoms with Crippen LogP contribution in [0.5, 0.6) is 0 Å². The molecule has 1 saturated carbocycles. The smallest absolute Gasteiger partial charge is 0.248 e. The molecule has 2 aliphatic rings. The number of carbonyl (C=O) groups excluding carboxylic acids is 1. The lowest BCUT2D eigenvalue weighted by Gasteiger charge is -2.23. The van der Waals surface area contributed by atoms with Crippen LogP contribution in [-0.4, -0.2) is 28.3 Å². The summed E-state index contributed by atoms with van der Waals surface area (Å²) in [6.07, 6.45) is 3.66. The number of hydrogen-bond donors (Lipinski definition) is 2. The number of fused-ring (bicyclic) bond motifs is 1. The predicted octanol–water partition coefficient (Wildman–Crippen LogP) is 3.71. The molecular weight excluding hydrogens is 350 g/mol. The van der Waals surface area contributed by atoms with Gasteiger partial charge in [-0.3, -0.25) is 4.79 Å². The van der Waals surface area contributed by atoms with Gasteiger partial charge in [-0.05, 0) is 49.5 Å². The van der Waals surface area contributed by atoms with E-state index in [4.69, 9.17) is 0 Å². The Morgan fingerprint density at radius 3 is 2.78 bits per heavy atom. The normalized spacial score (nSPS) is 21.9. The van der Waals surface area contributed by atoms with E-state index >= 15 is 0 Å². The molecule has 2 fully saturated rings. The van der Waals surface area contributed by atoms with Gasteiger partial charge in [0.1, 0.15) is 17.4 Å². The van der Waals surface area contributed by atoms with Gasteiger partial charge in [-0.1, -0.05) is 5.57 Å². The van der Waals surface area contributed by atoms with E-state index < -0.39 is 5.92 Å². The largest absolute Gasteiger partial charge is 0.356 e. The van der Waals surface area contributed by atoms with Crippen molar-refractivity contribution in [2.24, 2.45) is 5.92 Å². The van der Waals surface area contributed by atoms with Gasteiger partial charge >= 0.3 is 0 Å². The average Bonchev–Trinajstić information content (AvgIpc) is 3.22. The zero-order valence-electron chi connectivity index (χ0n) is 14.8. The Hall–Kier alpha value is -2.75. The number of aromatic amines is 1. The Kier molecular flexibility index (Phi) is 4.42. The van der Waals surface area contributed by atoms with E-state index in [1.165, 1.54) is 0 Å². The molecule has 1 aliphatic carbocycles. The van der Waals surface area contributed by atoms with Gasteiger partial charge in [-0.15, -0.1) is 0 Å². The van der Waals surface area contributed by atoms with E-state index in [9.17, 15) is 18.8 Å². The molecule has 1 unspecified atom stereocenters. The van der Waals surface area contributed by atoms with Crippen molar-refractivity contribution in [1.82, 2.24) is 15.3 Å². The number of imidazole rings is 1. The summed E-state index contributed by atoms with van der Waals surface area (Å²) in [6, 6.07) is 5.88. The third kappa shape index (κ3) is 3.70. The summed E-state index contributed by atoms with van der Waals surface area (Å²) < 4.78 is 26.6. The predicted molar refractivity (Wildman–Crippen MR) is 97.0 cm³/mol. The monoisotopic (exact) mass is 370 g/mol. The van der Waals surface area contributed by atoms with Gasteiger partial charge in [-0.2, -0.15) is 5.26 Å². The summed E-state index contributed by atoms with van der Waals surface area (Å²) in [5.74, 6) is -2.00. The summed E-state index contributed by atoms with van der Waals surface area (Å²) in [5.41, 5.74) is 3.63. The van der Waals surface area contributed by atoms with Crippen molar-refractivity contribution < 1.29 is 13.6 Å². The number of halogens is 2. The topological polar surface area (TPSA) is 81.6 Å². The number of nitrogens with zero attached hydrogens (tertiary/aromatic N) is 2. The second-order valence-corrected chi connectivity index (χ2v) is 7.41. The second-order valence-electron chi connectivity index (χ2n) is 7.41. The van der Waals surface area contributed by atoms with Gasteiger partial charge in [0.15, 0.2) is 0 Å². The maximum Gasteiger partial charge on any atom is 0.248 e. The molecule has 2 heterocycles. The van der Waals surface area contributed by atoms with Gasteiger partial charge in [0, 0.05) is 25.3 Å². The minimum atomic E-state index is -2.57. The van der Waals surface area contributed by atoms with Crippen molar-refractivity contribution in [2.75, 3.05) is 6.54 Å². The molecule has 7 heteroatoms. The number of amides is 1. The average molecular weight is 370 g/mol. The molecule has 0 radical (unpaired) electrons. The fourth-order valence-corrected chi connectivity index (χ4v) is 3.87. The Balaban J connectivity index is 1.61. The van der Waals surface area contributed by atoms with Gasteiger partial charge in [-0.25, -0.2) is 13.8 Å². The minimum Gasteiger partial charge on any atom is -0.356 e. The first-order valence-corrected chi connectivity index (χ1v) is 9.21. The van der Waals surface area contributed by atoms with Crippen LogP contribution < -0.4 is 5.32 Å². The van der Waals surface area contributed by atoms with Crippen molar-refractivity contribution in [3.8, 4) is 6.07 Å². The molecule has 140 valence electrons. The number of rotatable bonds is 3. The van der Waals surface area contributed by atoms with Crippen LogP contribution in [0.2, 0.25) is 0 Å². The van der Waals surface area contributed by atoms with Crippen molar-refractivity contribution >= 4 is 23.0 Å². The van der Waals surface area contributed by atoms with E-state index in [0.29, 0.717) is 42.7 Å². The van der Waals surface area contributed by atoms with Crippen LogP contribution in [0, 0.1) is 17.2 Å². The molecular formula is C20H20F2N4O. The van der Waals surface area contributed by atoms with Gasteiger partial charge in [0.05, 0.1) is 11.1 Å². The molecule has 27 heavy (non-hydrogen) atoms. The Bertz CT molecular complexity index is 958. The van der Waals surface area contributed by atoms with E-state index in [0.717, 1.165) is 23.1 Å². The fourth-order valence-electron chi connectivity index (χ4n) is 3.87. The summed E-state index contributed by atoms with van der Waals surface area (Å²) in [7, 11) is 0. The maximum atomic E-state index is 13.3. The molecule has 2 aromatic rings. The van der Waals surface area contributed by atoms with Crippen LogP contribution in [-0.2, 0) is 11.2 Å². The number of carbonyl (C=O) groups is 1. The number of aromatic nitrogens is 2. The maximum absolute atomic E-state index is 13.3. The highest BCUT2D eigenvalue weighted by atomic mass is 19.3. The van der Waals surface area contributed by atoms with E-state index in [2.05, 4.69) is 21.4 Å².